The number of aromatic nitrogens is 3. The van der Waals surface area contributed by atoms with E-state index >= 15 is 0 Å². The summed E-state index contributed by atoms with van der Waals surface area (Å²) in [5.41, 5.74) is 5.61. The molecule has 0 spiro atoms. The van der Waals surface area contributed by atoms with E-state index in [9.17, 15) is 0 Å². The van der Waals surface area contributed by atoms with E-state index in [1.165, 1.54) is 31.5 Å². The summed E-state index contributed by atoms with van der Waals surface area (Å²) >= 11 is 0. The molecule has 0 saturated carbocycles. The Labute approximate surface area is 152 Å². The van der Waals surface area contributed by atoms with Gasteiger partial charge in [-0.1, -0.05) is 12.1 Å². The Hall–Kier alpha value is -2.50. The van der Waals surface area contributed by atoms with Crippen molar-refractivity contribution < 1.29 is 0 Å². The summed E-state index contributed by atoms with van der Waals surface area (Å²) in [5.74, 6) is 0. The molecule has 5 nitrogen and oxygen atoms in total. The van der Waals surface area contributed by atoms with Gasteiger partial charge in [0, 0.05) is 43.0 Å². The Morgan fingerprint density at radius 1 is 1.04 bits per heavy atom. The molecule has 1 fully saturated rings. The molecule has 0 atom stereocenters. The number of para-hydroxylation sites is 2. The summed E-state index contributed by atoms with van der Waals surface area (Å²) in [7, 11) is 0. The molecule has 1 aromatic carbocycles. The zero-order valence-electron chi connectivity index (χ0n) is 14.9. The van der Waals surface area contributed by atoms with Gasteiger partial charge in [0.1, 0.15) is 5.65 Å². The molecule has 0 unspecified atom stereocenters. The maximum Gasteiger partial charge on any atom is 0.142 e. The minimum atomic E-state index is 0.825. The monoisotopic (exact) mass is 345 g/mol. The minimum Gasteiger partial charge on any atom is -0.311 e. The fourth-order valence-electron chi connectivity index (χ4n) is 4.05. The van der Waals surface area contributed by atoms with Crippen LogP contribution in [0.4, 0.5) is 0 Å². The largest absolute Gasteiger partial charge is 0.311 e. The Kier molecular flexibility index (Phi) is 4.03. The fourth-order valence-corrected chi connectivity index (χ4v) is 4.05. The maximum absolute atomic E-state index is 4.91. The predicted molar refractivity (Wildman–Crippen MR) is 105 cm³/mol. The first kappa shape index (κ1) is 15.7. The third-order valence-electron chi connectivity index (χ3n) is 5.37. The van der Waals surface area contributed by atoms with Gasteiger partial charge in [-0.15, -0.1) is 0 Å². The van der Waals surface area contributed by atoms with E-state index < -0.39 is 0 Å². The molecule has 5 heteroatoms. The van der Waals surface area contributed by atoms with Gasteiger partial charge in [-0.2, -0.15) is 0 Å². The van der Waals surface area contributed by atoms with Gasteiger partial charge in [0.15, 0.2) is 0 Å². The number of rotatable bonds is 5. The molecule has 0 aliphatic carbocycles. The number of hydrogen-bond acceptors (Lipinski definition) is 4. The normalized spacial score (nSPS) is 15.5. The molecule has 0 bridgehead atoms. The Morgan fingerprint density at radius 2 is 1.92 bits per heavy atom. The van der Waals surface area contributed by atoms with Gasteiger partial charge >= 0.3 is 0 Å². The van der Waals surface area contributed by atoms with Crippen molar-refractivity contribution in [2.24, 2.45) is 0 Å². The lowest BCUT2D eigenvalue weighted by Gasteiger charge is -2.15. The summed E-state index contributed by atoms with van der Waals surface area (Å²) < 4.78 is 2.27. The van der Waals surface area contributed by atoms with Crippen LogP contribution in [0.3, 0.4) is 0 Å². The van der Waals surface area contributed by atoms with Crippen molar-refractivity contribution in [3.05, 3.63) is 54.4 Å². The lowest BCUT2D eigenvalue weighted by atomic mass is 10.2. The van der Waals surface area contributed by atoms with Gasteiger partial charge < -0.3 is 10.2 Å². The van der Waals surface area contributed by atoms with Gasteiger partial charge in [-0.05, 0) is 50.2 Å². The van der Waals surface area contributed by atoms with E-state index in [2.05, 4.69) is 49.9 Å². The smallest absolute Gasteiger partial charge is 0.142 e. The Morgan fingerprint density at radius 3 is 2.85 bits per heavy atom. The van der Waals surface area contributed by atoms with Crippen LogP contribution in [0, 0.1) is 0 Å². The standard InChI is InChI=1S/C21H23N5/c1-2-6-20-18(5-1)24-21-17(15-23-9-12-25-10-3-4-11-25)13-16-14-22-8-7-19(16)26(20)21/h1-2,5-8,13-14,23H,3-4,9-12,15H2. The van der Waals surface area contributed by atoms with Crippen molar-refractivity contribution in [1.82, 2.24) is 24.6 Å². The number of imidazole rings is 1. The molecule has 132 valence electrons. The van der Waals surface area contributed by atoms with Gasteiger partial charge in [0.2, 0.25) is 0 Å². The first-order chi connectivity index (χ1) is 12.9. The van der Waals surface area contributed by atoms with Gasteiger partial charge in [0.05, 0.1) is 16.6 Å². The molecule has 5 rings (SSSR count). The third kappa shape index (κ3) is 2.73. The lowest BCUT2D eigenvalue weighted by Crippen LogP contribution is -2.29. The fraction of sp³-hybridized carbons (Fsp3) is 0.333. The van der Waals surface area contributed by atoms with Crippen LogP contribution < -0.4 is 5.32 Å². The summed E-state index contributed by atoms with van der Waals surface area (Å²) in [6.07, 6.45) is 6.49. The minimum absolute atomic E-state index is 0.825. The highest BCUT2D eigenvalue weighted by molar-refractivity contribution is 5.91. The van der Waals surface area contributed by atoms with Crippen molar-refractivity contribution in [1.29, 1.82) is 0 Å². The SMILES string of the molecule is c1ccc2c(c1)nc1c(CNCCN3CCCC3)cc3cnccc3n12. The van der Waals surface area contributed by atoms with E-state index in [4.69, 9.17) is 4.98 Å². The topological polar surface area (TPSA) is 45.5 Å². The first-order valence-corrected chi connectivity index (χ1v) is 9.46. The van der Waals surface area contributed by atoms with Gasteiger partial charge in [-0.3, -0.25) is 9.38 Å². The molecule has 1 N–H and O–H groups in total. The highest BCUT2D eigenvalue weighted by Crippen LogP contribution is 2.25. The summed E-state index contributed by atoms with van der Waals surface area (Å²) in [5, 5.41) is 4.77. The number of nitrogens with zero attached hydrogens (tertiary/aromatic N) is 4. The summed E-state index contributed by atoms with van der Waals surface area (Å²) in [6, 6.07) is 12.6. The molecular weight excluding hydrogens is 322 g/mol. The highest BCUT2D eigenvalue weighted by atomic mass is 15.1. The summed E-state index contributed by atoms with van der Waals surface area (Å²) in [6.45, 7) is 5.46. The van der Waals surface area contributed by atoms with Crippen LogP contribution in [-0.2, 0) is 6.54 Å². The van der Waals surface area contributed by atoms with Crippen LogP contribution in [0.25, 0.3) is 27.6 Å². The van der Waals surface area contributed by atoms with Crippen LogP contribution in [0.1, 0.15) is 18.4 Å². The first-order valence-electron chi connectivity index (χ1n) is 9.46. The zero-order chi connectivity index (χ0) is 17.3. The number of benzene rings is 1. The average Bonchev–Trinajstić information content (AvgIpc) is 3.33. The van der Waals surface area contributed by atoms with E-state index in [0.29, 0.717) is 0 Å². The van der Waals surface area contributed by atoms with Crippen molar-refractivity contribution >= 4 is 27.6 Å². The maximum atomic E-state index is 4.91. The van der Waals surface area contributed by atoms with Gasteiger partial charge in [0.25, 0.3) is 0 Å². The van der Waals surface area contributed by atoms with Crippen LogP contribution in [0.2, 0.25) is 0 Å². The quantitative estimate of drug-likeness (QED) is 0.564. The number of likely N-dealkylation sites (tertiary alicyclic amines) is 1. The molecule has 4 heterocycles. The van der Waals surface area contributed by atoms with Crippen LogP contribution >= 0.6 is 0 Å². The molecule has 4 aromatic rings. The van der Waals surface area contributed by atoms with Crippen LogP contribution in [0.5, 0.6) is 0 Å². The van der Waals surface area contributed by atoms with Crippen molar-refractivity contribution in [2.75, 3.05) is 26.2 Å². The second-order valence-electron chi connectivity index (χ2n) is 7.09. The van der Waals surface area contributed by atoms with Crippen LogP contribution in [-0.4, -0.2) is 45.4 Å². The third-order valence-corrected chi connectivity index (χ3v) is 5.37. The van der Waals surface area contributed by atoms with E-state index in [-0.39, 0.29) is 0 Å². The Bertz CT molecular complexity index is 1060. The zero-order valence-corrected chi connectivity index (χ0v) is 14.9. The summed E-state index contributed by atoms with van der Waals surface area (Å²) in [4.78, 5) is 11.8. The van der Waals surface area contributed by atoms with E-state index in [1.54, 1.807) is 0 Å². The van der Waals surface area contributed by atoms with Crippen LogP contribution in [0.15, 0.2) is 48.8 Å². The number of hydrogen-bond donors (Lipinski definition) is 1. The van der Waals surface area contributed by atoms with Crippen molar-refractivity contribution in [3.8, 4) is 0 Å². The second kappa shape index (κ2) is 6.67. The second-order valence-corrected chi connectivity index (χ2v) is 7.09. The van der Waals surface area contributed by atoms with E-state index in [1.807, 2.05) is 18.5 Å². The van der Waals surface area contributed by atoms with Crippen molar-refractivity contribution in [2.45, 2.75) is 19.4 Å². The molecule has 26 heavy (non-hydrogen) atoms. The molecule has 0 radical (unpaired) electrons. The number of fused-ring (bicyclic) bond motifs is 5. The molecular formula is C21H23N5. The molecule has 3 aromatic heterocycles. The Balaban J connectivity index is 1.51. The van der Waals surface area contributed by atoms with Crippen molar-refractivity contribution in [3.63, 3.8) is 0 Å². The molecule has 1 saturated heterocycles. The van der Waals surface area contributed by atoms with Gasteiger partial charge in [-0.25, -0.2) is 4.98 Å². The number of nitrogens with one attached hydrogen (secondary N) is 1. The lowest BCUT2D eigenvalue weighted by molar-refractivity contribution is 0.336. The van der Waals surface area contributed by atoms with E-state index in [0.717, 1.165) is 47.2 Å². The average molecular weight is 345 g/mol. The molecule has 1 aliphatic heterocycles. The highest BCUT2D eigenvalue weighted by Gasteiger charge is 2.13. The molecule has 1 aliphatic rings. The number of pyridine rings is 2. The predicted octanol–water partition coefficient (Wildman–Crippen LogP) is 3.22. The molecule has 0 amide bonds.